The second-order valence-corrected chi connectivity index (χ2v) is 5.65. The fraction of sp³-hybridized carbons (Fsp3) is 0.316. The highest BCUT2D eigenvalue weighted by molar-refractivity contribution is 5.74. The minimum absolute atomic E-state index is 0.151. The smallest absolute Gasteiger partial charge is 0.315 e. The van der Waals surface area contributed by atoms with Gasteiger partial charge < -0.3 is 20.1 Å². The Morgan fingerprint density at radius 3 is 2.50 bits per heavy atom. The fourth-order valence-electron chi connectivity index (χ4n) is 2.46. The molecular weight excluding hydrogens is 304 g/mol. The first-order chi connectivity index (χ1) is 11.5. The molecular formula is C19H24N2O3. The third kappa shape index (κ3) is 4.65. The molecule has 128 valence electrons. The molecule has 0 aromatic heterocycles. The minimum Gasteiger partial charge on any atom is -0.493 e. The summed E-state index contributed by atoms with van der Waals surface area (Å²) in [6, 6.07) is 13.3. The Labute approximate surface area is 143 Å². The van der Waals surface area contributed by atoms with Gasteiger partial charge in [0.15, 0.2) is 11.5 Å². The maximum atomic E-state index is 12.1. The van der Waals surface area contributed by atoms with Crippen LogP contribution in [0.15, 0.2) is 42.5 Å². The number of aryl methyl sites for hydroxylation is 1. The first kappa shape index (κ1) is 17.7. The first-order valence-electron chi connectivity index (χ1n) is 7.85. The van der Waals surface area contributed by atoms with Crippen molar-refractivity contribution in [3.8, 4) is 11.5 Å². The molecule has 0 aliphatic carbocycles. The van der Waals surface area contributed by atoms with Crippen molar-refractivity contribution < 1.29 is 14.3 Å². The molecule has 5 heteroatoms. The van der Waals surface area contributed by atoms with E-state index in [-0.39, 0.29) is 12.1 Å². The summed E-state index contributed by atoms with van der Waals surface area (Å²) in [5, 5.41) is 5.80. The van der Waals surface area contributed by atoms with Gasteiger partial charge in [0, 0.05) is 6.54 Å². The van der Waals surface area contributed by atoms with Crippen LogP contribution < -0.4 is 20.1 Å². The largest absolute Gasteiger partial charge is 0.493 e. The quantitative estimate of drug-likeness (QED) is 0.852. The van der Waals surface area contributed by atoms with Crippen molar-refractivity contribution in [2.75, 3.05) is 14.2 Å². The zero-order valence-electron chi connectivity index (χ0n) is 14.6. The second-order valence-electron chi connectivity index (χ2n) is 5.65. The van der Waals surface area contributed by atoms with Crippen LogP contribution in [0.5, 0.6) is 11.5 Å². The molecule has 2 N–H and O–H groups in total. The van der Waals surface area contributed by atoms with Crippen molar-refractivity contribution in [3.63, 3.8) is 0 Å². The molecule has 0 spiro atoms. The lowest BCUT2D eigenvalue weighted by atomic mass is 10.1. The number of hydrogen-bond donors (Lipinski definition) is 2. The fourth-order valence-corrected chi connectivity index (χ4v) is 2.46. The van der Waals surface area contributed by atoms with Gasteiger partial charge in [-0.3, -0.25) is 0 Å². The van der Waals surface area contributed by atoms with Gasteiger partial charge in [-0.15, -0.1) is 0 Å². The van der Waals surface area contributed by atoms with Crippen LogP contribution in [0.4, 0.5) is 4.79 Å². The molecule has 1 unspecified atom stereocenters. The highest BCUT2D eigenvalue weighted by Crippen LogP contribution is 2.29. The number of amides is 2. The molecule has 0 bridgehead atoms. The third-order valence-electron chi connectivity index (χ3n) is 3.79. The van der Waals surface area contributed by atoms with E-state index in [0.29, 0.717) is 18.0 Å². The molecule has 0 heterocycles. The molecule has 2 amide bonds. The SMILES string of the molecule is COc1ccc(C(C)NC(=O)NCc2cccc(C)c2)cc1OC. The van der Waals surface area contributed by atoms with Crippen LogP contribution in [0.1, 0.15) is 29.7 Å². The molecule has 2 aromatic carbocycles. The van der Waals surface area contributed by atoms with E-state index in [9.17, 15) is 4.79 Å². The van der Waals surface area contributed by atoms with E-state index in [0.717, 1.165) is 11.1 Å². The topological polar surface area (TPSA) is 59.6 Å². The molecule has 5 nitrogen and oxygen atoms in total. The van der Waals surface area contributed by atoms with Crippen molar-refractivity contribution in [2.24, 2.45) is 0 Å². The van der Waals surface area contributed by atoms with Gasteiger partial charge in [0.1, 0.15) is 0 Å². The van der Waals surface area contributed by atoms with E-state index in [1.807, 2.05) is 50.2 Å². The monoisotopic (exact) mass is 328 g/mol. The molecule has 2 rings (SSSR count). The van der Waals surface area contributed by atoms with Gasteiger partial charge in [0.25, 0.3) is 0 Å². The summed E-state index contributed by atoms with van der Waals surface area (Å²) in [5.74, 6) is 1.31. The predicted octanol–water partition coefficient (Wildman–Crippen LogP) is 3.57. The second kappa shape index (κ2) is 8.24. The molecule has 0 saturated heterocycles. The van der Waals surface area contributed by atoms with Crippen LogP contribution in [0.3, 0.4) is 0 Å². The molecule has 0 aliphatic rings. The van der Waals surface area contributed by atoms with Crippen molar-refractivity contribution in [1.82, 2.24) is 10.6 Å². The van der Waals surface area contributed by atoms with E-state index >= 15 is 0 Å². The van der Waals surface area contributed by atoms with Gasteiger partial charge in [-0.05, 0) is 37.1 Å². The Bertz CT molecular complexity index is 701. The van der Waals surface area contributed by atoms with Crippen molar-refractivity contribution >= 4 is 6.03 Å². The normalized spacial score (nSPS) is 11.5. The Morgan fingerprint density at radius 2 is 1.83 bits per heavy atom. The van der Waals surface area contributed by atoms with E-state index in [1.165, 1.54) is 5.56 Å². The van der Waals surface area contributed by atoms with Gasteiger partial charge in [-0.2, -0.15) is 0 Å². The molecule has 0 saturated carbocycles. The van der Waals surface area contributed by atoms with Gasteiger partial charge >= 0.3 is 6.03 Å². The summed E-state index contributed by atoms with van der Waals surface area (Å²) in [4.78, 5) is 12.1. The van der Waals surface area contributed by atoms with Crippen LogP contribution in [0.2, 0.25) is 0 Å². The zero-order valence-corrected chi connectivity index (χ0v) is 14.6. The van der Waals surface area contributed by atoms with Gasteiger partial charge in [-0.25, -0.2) is 4.79 Å². The Hall–Kier alpha value is -2.69. The van der Waals surface area contributed by atoms with E-state index in [2.05, 4.69) is 16.7 Å². The summed E-state index contributed by atoms with van der Waals surface area (Å²) in [6.07, 6.45) is 0. The van der Waals surface area contributed by atoms with E-state index in [1.54, 1.807) is 14.2 Å². The van der Waals surface area contributed by atoms with Crippen LogP contribution in [-0.4, -0.2) is 20.3 Å². The lowest BCUT2D eigenvalue weighted by Crippen LogP contribution is -2.36. The van der Waals surface area contributed by atoms with Crippen molar-refractivity contribution in [1.29, 1.82) is 0 Å². The van der Waals surface area contributed by atoms with Crippen LogP contribution in [-0.2, 0) is 6.54 Å². The predicted molar refractivity (Wildman–Crippen MR) is 94.5 cm³/mol. The third-order valence-corrected chi connectivity index (χ3v) is 3.79. The number of carbonyl (C=O) groups excluding carboxylic acids is 1. The molecule has 0 fully saturated rings. The lowest BCUT2D eigenvalue weighted by molar-refractivity contribution is 0.237. The van der Waals surface area contributed by atoms with E-state index < -0.39 is 0 Å². The minimum atomic E-state index is -0.209. The number of urea groups is 1. The maximum absolute atomic E-state index is 12.1. The molecule has 0 aliphatic heterocycles. The number of nitrogens with one attached hydrogen (secondary N) is 2. The summed E-state index contributed by atoms with van der Waals surface area (Å²) in [7, 11) is 3.19. The molecule has 2 aromatic rings. The zero-order chi connectivity index (χ0) is 17.5. The highest BCUT2D eigenvalue weighted by Gasteiger charge is 2.12. The number of rotatable bonds is 6. The number of ether oxygens (including phenoxy) is 2. The van der Waals surface area contributed by atoms with Crippen molar-refractivity contribution in [2.45, 2.75) is 26.4 Å². The standard InChI is InChI=1S/C19H24N2O3/c1-13-6-5-7-15(10-13)12-20-19(22)21-14(2)16-8-9-17(23-3)18(11-16)24-4/h5-11,14H,12H2,1-4H3,(H2,20,21,22). The van der Waals surface area contributed by atoms with Crippen LogP contribution in [0, 0.1) is 6.92 Å². The van der Waals surface area contributed by atoms with Crippen LogP contribution in [0.25, 0.3) is 0 Å². The highest BCUT2D eigenvalue weighted by atomic mass is 16.5. The first-order valence-corrected chi connectivity index (χ1v) is 7.85. The average molecular weight is 328 g/mol. The summed E-state index contributed by atoms with van der Waals surface area (Å²) in [6.45, 7) is 4.45. The summed E-state index contributed by atoms with van der Waals surface area (Å²) < 4.78 is 10.5. The summed E-state index contributed by atoms with van der Waals surface area (Å²) >= 11 is 0. The van der Waals surface area contributed by atoms with Gasteiger partial charge in [0.2, 0.25) is 0 Å². The number of benzene rings is 2. The van der Waals surface area contributed by atoms with Gasteiger partial charge in [-0.1, -0.05) is 35.9 Å². The number of carbonyl (C=O) groups is 1. The maximum Gasteiger partial charge on any atom is 0.315 e. The van der Waals surface area contributed by atoms with E-state index in [4.69, 9.17) is 9.47 Å². The summed E-state index contributed by atoms with van der Waals surface area (Å²) in [5.41, 5.74) is 3.19. The number of methoxy groups -OCH3 is 2. The average Bonchev–Trinajstić information content (AvgIpc) is 2.59. The molecule has 0 radical (unpaired) electrons. The van der Waals surface area contributed by atoms with Crippen molar-refractivity contribution in [3.05, 3.63) is 59.2 Å². The Kier molecular flexibility index (Phi) is 6.07. The Morgan fingerprint density at radius 1 is 1.08 bits per heavy atom. The van der Waals surface area contributed by atoms with Gasteiger partial charge in [0.05, 0.1) is 20.3 Å². The van der Waals surface area contributed by atoms with Crippen LogP contribution >= 0.6 is 0 Å². The lowest BCUT2D eigenvalue weighted by Gasteiger charge is -2.17. The molecule has 1 atom stereocenters. The Balaban J connectivity index is 1.93. The number of hydrogen-bond acceptors (Lipinski definition) is 3. The molecule has 24 heavy (non-hydrogen) atoms.